The molecule has 300 valence electrons. The number of anilines is 1. The minimum atomic E-state index is -4.32. The van der Waals surface area contributed by atoms with Gasteiger partial charge in [0.1, 0.15) is 34.1 Å². The highest BCUT2D eigenvalue weighted by Gasteiger charge is 2.61. The summed E-state index contributed by atoms with van der Waals surface area (Å²) in [5, 5.41) is 6.91. The Hall–Kier alpha value is -5.43. The van der Waals surface area contributed by atoms with Crippen molar-refractivity contribution in [2.45, 2.75) is 88.3 Å². The van der Waals surface area contributed by atoms with Gasteiger partial charge in [0.2, 0.25) is 11.8 Å². The molecule has 3 heterocycles. The van der Waals surface area contributed by atoms with Gasteiger partial charge in [-0.25, -0.2) is 18.1 Å². The number of carbonyl (C=O) groups is 3. The molecule has 2 fully saturated rings. The number of nitrogens with zero attached hydrogens (tertiary/aromatic N) is 2. The Labute approximate surface area is 334 Å². The zero-order valence-corrected chi connectivity index (χ0v) is 33.7. The smallest absolute Gasteiger partial charge is 0.266 e. The molecule has 3 N–H and O–H groups in total. The van der Waals surface area contributed by atoms with Crippen molar-refractivity contribution in [2.75, 3.05) is 25.5 Å². The number of carbonyl (C=O) groups excluding carboxylic acids is 3. The van der Waals surface area contributed by atoms with E-state index in [0.29, 0.717) is 34.9 Å². The third-order valence-corrected chi connectivity index (χ3v) is 12.2. The van der Waals surface area contributed by atoms with Gasteiger partial charge in [-0.2, -0.15) is 0 Å². The van der Waals surface area contributed by atoms with Crippen molar-refractivity contribution in [3.63, 3.8) is 0 Å². The molecule has 0 radical (unpaired) electrons. The van der Waals surface area contributed by atoms with E-state index in [-0.39, 0.29) is 42.0 Å². The first-order valence-corrected chi connectivity index (χ1v) is 21.1. The number of pyridine rings is 1. The molecule has 1 aromatic heterocycles. The lowest BCUT2D eigenvalue weighted by atomic mass is 9.91. The highest BCUT2D eigenvalue weighted by molar-refractivity contribution is 7.90. The van der Waals surface area contributed by atoms with Crippen LogP contribution in [0.5, 0.6) is 11.5 Å². The van der Waals surface area contributed by atoms with E-state index in [0.717, 1.165) is 36.6 Å². The summed E-state index contributed by atoms with van der Waals surface area (Å²) in [6.45, 7) is 6.60. The number of aromatic nitrogens is 1. The molecule has 4 aromatic rings. The number of likely N-dealkylation sites (tertiary alicyclic amines) is 1. The number of allylic oxidation sites excluding steroid dienone is 1. The number of amides is 3. The maximum atomic E-state index is 14.5. The van der Waals surface area contributed by atoms with Crippen LogP contribution in [0.2, 0.25) is 0 Å². The van der Waals surface area contributed by atoms with Gasteiger partial charge in [0.05, 0.1) is 30.6 Å². The Bertz CT molecular complexity index is 2290. The van der Waals surface area contributed by atoms with E-state index in [2.05, 4.69) is 15.4 Å². The molecule has 1 saturated carbocycles. The fourth-order valence-corrected chi connectivity index (χ4v) is 8.97. The van der Waals surface area contributed by atoms with Crippen molar-refractivity contribution in [3.8, 4) is 22.8 Å². The number of rotatable bonds is 7. The van der Waals surface area contributed by atoms with Gasteiger partial charge in [-0.05, 0) is 55.4 Å². The van der Waals surface area contributed by atoms with Crippen LogP contribution >= 0.6 is 0 Å². The van der Waals surface area contributed by atoms with E-state index in [1.807, 2.05) is 87.5 Å². The van der Waals surface area contributed by atoms with Crippen molar-refractivity contribution in [2.24, 2.45) is 11.3 Å². The van der Waals surface area contributed by atoms with Crippen molar-refractivity contribution < 1.29 is 32.3 Å². The third kappa shape index (κ3) is 8.93. The predicted octanol–water partition coefficient (Wildman–Crippen LogP) is 6.62. The van der Waals surface area contributed by atoms with Crippen LogP contribution in [0, 0.1) is 11.3 Å². The fraction of sp³-hybridized carbons (Fsp3) is 0.409. The highest BCUT2D eigenvalue weighted by Crippen LogP contribution is 2.46. The molecule has 0 unspecified atom stereocenters. The maximum absolute atomic E-state index is 14.5. The molecule has 3 amide bonds. The summed E-state index contributed by atoms with van der Waals surface area (Å²) >= 11 is 0. The lowest BCUT2D eigenvalue weighted by Crippen LogP contribution is -2.56. The van der Waals surface area contributed by atoms with Gasteiger partial charge in [-0.15, -0.1) is 0 Å². The Kier molecular flexibility index (Phi) is 11.3. The monoisotopic (exact) mass is 793 g/mol. The van der Waals surface area contributed by atoms with Crippen LogP contribution in [-0.2, 0) is 24.4 Å². The molecule has 1 aliphatic carbocycles. The minimum absolute atomic E-state index is 0.0466. The average molecular weight is 794 g/mol. The molecule has 0 bridgehead atoms. The molecule has 12 nitrogen and oxygen atoms in total. The topological polar surface area (TPSA) is 156 Å². The molecule has 3 aliphatic rings. The second-order valence-electron chi connectivity index (χ2n) is 16.4. The van der Waals surface area contributed by atoms with E-state index >= 15 is 0 Å². The number of ether oxygens (including phenoxy) is 2. The Morgan fingerprint density at radius 2 is 1.77 bits per heavy atom. The average Bonchev–Trinajstić information content (AvgIpc) is 3.71. The molecule has 1 saturated heterocycles. The van der Waals surface area contributed by atoms with Gasteiger partial charge in [-0.3, -0.25) is 14.4 Å². The zero-order valence-electron chi connectivity index (χ0n) is 32.9. The number of sulfonamides is 1. The van der Waals surface area contributed by atoms with Gasteiger partial charge in [0, 0.05) is 48.4 Å². The molecule has 2 aliphatic heterocycles. The van der Waals surface area contributed by atoms with E-state index in [4.69, 9.17) is 14.5 Å². The van der Waals surface area contributed by atoms with Crippen LogP contribution in [0.15, 0.2) is 95.9 Å². The van der Waals surface area contributed by atoms with Crippen LogP contribution in [0.4, 0.5) is 5.69 Å². The SMILES string of the molecule is COc1ccc2c(O[C@@H]3C[C@@H](C(=O)N[C@]45C[C@@H]4/C=C\CCCCCNc4ccccc4S(=O)(=O)NC5=O)N(C(=O)CC(C)(C)C)C3)cc(-c3ccccc3)nc2c1. The normalized spacial score (nSPS) is 24.0. The van der Waals surface area contributed by atoms with Crippen molar-refractivity contribution in [3.05, 3.63) is 91.0 Å². The number of para-hydroxylation sites is 1. The molecule has 57 heavy (non-hydrogen) atoms. The summed E-state index contributed by atoms with van der Waals surface area (Å²) in [6, 6.07) is 22.6. The third-order valence-electron chi connectivity index (χ3n) is 10.8. The number of methoxy groups -OCH3 is 1. The van der Waals surface area contributed by atoms with Gasteiger partial charge in [-0.1, -0.05) is 81.8 Å². The molecule has 3 aromatic carbocycles. The van der Waals surface area contributed by atoms with Crippen molar-refractivity contribution in [1.82, 2.24) is 19.9 Å². The van der Waals surface area contributed by atoms with Crippen LogP contribution in [0.25, 0.3) is 22.2 Å². The van der Waals surface area contributed by atoms with Crippen molar-refractivity contribution >= 4 is 44.3 Å². The maximum Gasteiger partial charge on any atom is 0.266 e. The molecule has 0 spiro atoms. The van der Waals surface area contributed by atoms with Crippen molar-refractivity contribution in [1.29, 1.82) is 0 Å². The van der Waals surface area contributed by atoms with Gasteiger partial charge in [0.25, 0.3) is 15.9 Å². The fourth-order valence-electron chi connectivity index (χ4n) is 7.75. The van der Waals surface area contributed by atoms with E-state index in [9.17, 15) is 22.8 Å². The number of fused-ring (bicyclic) bond motifs is 3. The lowest BCUT2D eigenvalue weighted by molar-refractivity contribution is -0.141. The number of nitrogens with one attached hydrogen (secondary N) is 3. The Balaban J connectivity index is 1.19. The van der Waals surface area contributed by atoms with E-state index in [1.54, 1.807) is 30.2 Å². The second kappa shape index (κ2) is 16.2. The van der Waals surface area contributed by atoms with E-state index in [1.165, 1.54) is 6.07 Å². The number of benzene rings is 3. The van der Waals surface area contributed by atoms with Crippen LogP contribution < -0.4 is 24.8 Å². The van der Waals surface area contributed by atoms with E-state index < -0.39 is 45.4 Å². The summed E-state index contributed by atoms with van der Waals surface area (Å²) in [4.78, 5) is 49.0. The Morgan fingerprint density at radius 1 is 1.00 bits per heavy atom. The first kappa shape index (κ1) is 39.8. The zero-order chi connectivity index (χ0) is 40.4. The number of hydrogen-bond donors (Lipinski definition) is 3. The summed E-state index contributed by atoms with van der Waals surface area (Å²) in [6.07, 6.45) is 7.38. The van der Waals surface area contributed by atoms with Crippen LogP contribution in [0.3, 0.4) is 0 Å². The summed E-state index contributed by atoms with van der Waals surface area (Å²) in [5.74, 6) is -0.823. The second-order valence-corrected chi connectivity index (χ2v) is 18.1. The summed E-state index contributed by atoms with van der Waals surface area (Å²) < 4.78 is 42.0. The Morgan fingerprint density at radius 3 is 2.54 bits per heavy atom. The summed E-state index contributed by atoms with van der Waals surface area (Å²) in [5.41, 5.74) is 0.758. The van der Waals surface area contributed by atoms with Crippen LogP contribution in [0.1, 0.15) is 65.7 Å². The van der Waals surface area contributed by atoms with Gasteiger partial charge < -0.3 is 25.0 Å². The molecular formula is C44H51N5O7S. The van der Waals surface area contributed by atoms with Gasteiger partial charge in [0.15, 0.2) is 0 Å². The van der Waals surface area contributed by atoms with Crippen LogP contribution in [-0.4, -0.2) is 73.9 Å². The van der Waals surface area contributed by atoms with Gasteiger partial charge >= 0.3 is 0 Å². The predicted molar refractivity (Wildman–Crippen MR) is 219 cm³/mol. The lowest BCUT2D eigenvalue weighted by Gasteiger charge is -2.29. The largest absolute Gasteiger partial charge is 0.497 e. The first-order chi connectivity index (χ1) is 27.3. The molecule has 13 heteroatoms. The summed E-state index contributed by atoms with van der Waals surface area (Å²) in [7, 11) is -2.72. The standard InChI is InChI=1S/C44H51N5O7S/c1-43(2,3)27-40(50)49-28-32(56-38-25-35(29-15-9-8-10-16-29)46-36-23-31(55-4)20-21-33(36)38)24-37(49)41(51)47-44-26-30(44)17-11-6-5-7-14-22-45-34-18-12-13-19-39(34)57(53,54)48-42(44)52/h8-13,15-21,23,25,30,32,37,45H,5-7,14,22,24,26-28H2,1-4H3,(H,47,51)(H,48,52)/b17-11-/t30-,32+,37-,44+/m0/s1. The highest BCUT2D eigenvalue weighted by atomic mass is 32.2. The molecular weight excluding hydrogens is 743 g/mol. The molecule has 4 atom stereocenters. The minimum Gasteiger partial charge on any atom is -0.497 e. The first-order valence-electron chi connectivity index (χ1n) is 19.7. The number of hydrogen-bond acceptors (Lipinski definition) is 9. The quantitative estimate of drug-likeness (QED) is 0.175. The molecule has 7 rings (SSSR count).